The van der Waals surface area contributed by atoms with Crippen molar-refractivity contribution in [2.24, 2.45) is 0 Å². The number of aromatic nitrogens is 1. The van der Waals surface area contributed by atoms with Gasteiger partial charge in [-0.2, -0.15) is 5.26 Å². The smallest absolute Gasteiger partial charge is 0.343 e. The Morgan fingerprint density at radius 2 is 2.00 bits per heavy atom. The summed E-state index contributed by atoms with van der Waals surface area (Å²) in [4.78, 5) is 24.8. The van der Waals surface area contributed by atoms with E-state index in [0.29, 0.717) is 5.75 Å². The number of hydrogen-bond donors (Lipinski definition) is 0. The molecule has 0 N–H and O–H groups in total. The molecule has 2 aromatic heterocycles. The van der Waals surface area contributed by atoms with Crippen molar-refractivity contribution in [1.29, 1.82) is 5.26 Å². The fraction of sp³-hybridized carbons (Fsp3) is 0.150. The number of Topliss-reactive ketones (excluding diaryl/α,β-unsaturated/α-hetero) is 1. The maximum absolute atomic E-state index is 12.5. The first-order valence-corrected chi connectivity index (χ1v) is 8.54. The minimum atomic E-state index is -0.816. The van der Waals surface area contributed by atoms with E-state index in [1.807, 2.05) is 6.07 Å². The average Bonchev–Trinajstić information content (AvgIpc) is 3.33. The lowest BCUT2D eigenvalue weighted by Gasteiger charge is -2.06. The predicted molar refractivity (Wildman–Crippen MR) is 100 cm³/mol. The van der Waals surface area contributed by atoms with Gasteiger partial charge in [-0.15, -0.1) is 0 Å². The van der Waals surface area contributed by atoms with E-state index in [0.717, 1.165) is 0 Å². The molecule has 0 bridgehead atoms. The molecule has 1 aromatic carbocycles. The van der Waals surface area contributed by atoms with E-state index in [1.54, 1.807) is 42.1 Å². The molecule has 0 atom stereocenters. The second-order valence-electron chi connectivity index (χ2n) is 5.76. The molecule has 0 aliphatic heterocycles. The van der Waals surface area contributed by atoms with Crippen molar-refractivity contribution >= 4 is 23.4 Å². The van der Waals surface area contributed by atoms with Gasteiger partial charge in [0.15, 0.2) is 12.4 Å². The molecule has 3 aromatic rings. The third-order valence-corrected chi connectivity index (χ3v) is 4.32. The Labute approximate surface area is 165 Å². The van der Waals surface area contributed by atoms with Gasteiger partial charge in [-0.3, -0.25) is 9.36 Å². The minimum Gasteiger partial charge on any atom is -0.495 e. The molecule has 2 heterocycles. The zero-order valence-corrected chi connectivity index (χ0v) is 15.8. The van der Waals surface area contributed by atoms with E-state index in [4.69, 9.17) is 25.5 Å². The van der Waals surface area contributed by atoms with Crippen molar-refractivity contribution in [3.8, 4) is 17.7 Å². The van der Waals surface area contributed by atoms with Gasteiger partial charge in [0, 0.05) is 18.0 Å². The second-order valence-corrected chi connectivity index (χ2v) is 6.17. The molecule has 142 valence electrons. The number of halogens is 1. The number of rotatable bonds is 6. The van der Waals surface area contributed by atoms with Crippen LogP contribution in [0.2, 0.25) is 5.02 Å². The lowest BCUT2D eigenvalue weighted by molar-refractivity contribution is 0.0472. The predicted octanol–water partition coefficient (Wildman–Crippen LogP) is 3.95. The summed E-state index contributed by atoms with van der Waals surface area (Å²) in [5, 5.41) is 9.74. The van der Waals surface area contributed by atoms with Crippen LogP contribution in [0.25, 0.3) is 5.88 Å². The summed E-state index contributed by atoms with van der Waals surface area (Å²) in [7, 11) is 1.46. The highest BCUT2D eigenvalue weighted by molar-refractivity contribution is 6.32. The first-order valence-electron chi connectivity index (χ1n) is 8.17. The van der Waals surface area contributed by atoms with Gasteiger partial charge < -0.3 is 13.9 Å². The summed E-state index contributed by atoms with van der Waals surface area (Å²) in [6, 6.07) is 9.99. The van der Waals surface area contributed by atoms with E-state index in [-0.39, 0.29) is 33.4 Å². The minimum absolute atomic E-state index is 0.00763. The number of esters is 1. The molecule has 0 radical (unpaired) electrons. The van der Waals surface area contributed by atoms with Gasteiger partial charge in [-0.05, 0) is 37.3 Å². The zero-order chi connectivity index (χ0) is 20.3. The van der Waals surface area contributed by atoms with E-state index in [1.165, 1.54) is 19.2 Å². The van der Waals surface area contributed by atoms with Gasteiger partial charge in [0.2, 0.25) is 5.88 Å². The van der Waals surface area contributed by atoms with Crippen LogP contribution in [0, 0.1) is 18.3 Å². The Hall–Kier alpha value is -3.50. The fourth-order valence-corrected chi connectivity index (χ4v) is 2.92. The highest BCUT2D eigenvalue weighted by Gasteiger charge is 2.26. The number of nitriles is 1. The molecule has 0 aliphatic rings. The van der Waals surface area contributed by atoms with Crippen molar-refractivity contribution in [2.75, 3.05) is 13.7 Å². The number of hydrogen-bond acceptors (Lipinski definition) is 6. The van der Waals surface area contributed by atoms with E-state index in [2.05, 4.69) is 0 Å². The molecule has 8 heteroatoms. The average molecular weight is 399 g/mol. The number of benzene rings is 1. The highest BCUT2D eigenvalue weighted by atomic mass is 35.5. The molecule has 0 amide bonds. The number of nitrogens with zero attached hydrogens (tertiary/aromatic N) is 2. The second kappa shape index (κ2) is 8.03. The van der Waals surface area contributed by atoms with Gasteiger partial charge in [-0.25, -0.2) is 4.79 Å². The number of carbonyl (C=O) groups is 2. The Bertz CT molecular complexity index is 1080. The first kappa shape index (κ1) is 19.3. The van der Waals surface area contributed by atoms with E-state index >= 15 is 0 Å². The molecule has 7 nitrogen and oxygen atoms in total. The molecule has 0 aliphatic carbocycles. The standard InChI is InChI=1S/C20H15ClN2O5/c1-12-18(14(10-22)19(28-12)23-7-3-4-8-23)20(25)27-11-16(24)13-5-6-17(26-2)15(21)9-13/h3-9H,11H2,1-2H3. The number of aryl methyl sites for hydroxylation is 1. The number of ether oxygens (including phenoxy) is 2. The summed E-state index contributed by atoms with van der Waals surface area (Å²) in [6.07, 6.45) is 3.37. The molecule has 3 rings (SSSR count). The highest BCUT2D eigenvalue weighted by Crippen LogP contribution is 2.27. The van der Waals surface area contributed by atoms with Gasteiger partial charge in [0.1, 0.15) is 28.7 Å². The van der Waals surface area contributed by atoms with Crippen molar-refractivity contribution in [3.05, 3.63) is 70.2 Å². The summed E-state index contributed by atoms with van der Waals surface area (Å²) in [6.45, 7) is 1.05. The summed E-state index contributed by atoms with van der Waals surface area (Å²) in [5.41, 5.74) is 0.307. The fourth-order valence-electron chi connectivity index (χ4n) is 2.66. The lowest BCUT2D eigenvalue weighted by Crippen LogP contribution is -2.15. The molecule has 0 saturated carbocycles. The van der Waals surface area contributed by atoms with Gasteiger partial charge >= 0.3 is 5.97 Å². The van der Waals surface area contributed by atoms with Crippen LogP contribution in [0.3, 0.4) is 0 Å². The van der Waals surface area contributed by atoms with Crippen molar-refractivity contribution < 1.29 is 23.5 Å². The van der Waals surface area contributed by atoms with Crippen LogP contribution in [-0.2, 0) is 4.74 Å². The van der Waals surface area contributed by atoms with E-state index in [9.17, 15) is 14.9 Å². The SMILES string of the molecule is COc1ccc(C(=O)COC(=O)c2c(C)oc(-n3cccc3)c2C#N)cc1Cl. The van der Waals surface area contributed by atoms with Crippen LogP contribution in [0.4, 0.5) is 0 Å². The van der Waals surface area contributed by atoms with Crippen molar-refractivity contribution in [3.63, 3.8) is 0 Å². The number of furan rings is 1. The third-order valence-electron chi connectivity index (χ3n) is 4.03. The Morgan fingerprint density at radius 1 is 1.29 bits per heavy atom. The summed E-state index contributed by atoms with van der Waals surface area (Å²) in [5.74, 6) is -0.386. The van der Waals surface area contributed by atoms with Gasteiger partial charge in [0.25, 0.3) is 0 Å². The van der Waals surface area contributed by atoms with Crippen LogP contribution in [0.5, 0.6) is 5.75 Å². The Kier molecular flexibility index (Phi) is 5.52. The molecule has 0 fully saturated rings. The lowest BCUT2D eigenvalue weighted by atomic mass is 10.1. The normalized spacial score (nSPS) is 10.4. The monoisotopic (exact) mass is 398 g/mol. The summed E-state index contributed by atoms with van der Waals surface area (Å²) < 4.78 is 17.3. The first-order chi connectivity index (χ1) is 13.5. The Morgan fingerprint density at radius 3 is 2.61 bits per heavy atom. The van der Waals surface area contributed by atoms with Crippen LogP contribution in [-0.4, -0.2) is 30.0 Å². The Balaban J connectivity index is 1.78. The van der Waals surface area contributed by atoms with Crippen LogP contribution in [0.15, 0.2) is 47.1 Å². The largest absolute Gasteiger partial charge is 0.495 e. The maximum atomic E-state index is 12.5. The summed E-state index contributed by atoms with van der Waals surface area (Å²) >= 11 is 6.01. The molecule has 0 saturated heterocycles. The van der Waals surface area contributed by atoms with E-state index < -0.39 is 18.4 Å². The number of ketones is 1. The zero-order valence-electron chi connectivity index (χ0n) is 15.1. The third kappa shape index (κ3) is 3.63. The van der Waals surface area contributed by atoms with Crippen LogP contribution in [0.1, 0.15) is 32.0 Å². The van der Waals surface area contributed by atoms with Gasteiger partial charge in [0.05, 0.1) is 12.1 Å². The molecular formula is C20H15ClN2O5. The molecular weight excluding hydrogens is 384 g/mol. The van der Waals surface area contributed by atoms with Crippen LogP contribution < -0.4 is 4.74 Å². The molecule has 0 spiro atoms. The quantitative estimate of drug-likeness (QED) is 0.461. The van der Waals surface area contributed by atoms with Crippen molar-refractivity contribution in [1.82, 2.24) is 4.57 Å². The van der Waals surface area contributed by atoms with Crippen LogP contribution >= 0.6 is 11.6 Å². The molecule has 28 heavy (non-hydrogen) atoms. The topological polar surface area (TPSA) is 94.5 Å². The van der Waals surface area contributed by atoms with Gasteiger partial charge in [-0.1, -0.05) is 11.6 Å². The number of carbonyl (C=O) groups excluding carboxylic acids is 2. The number of methoxy groups -OCH3 is 1. The maximum Gasteiger partial charge on any atom is 0.343 e. The van der Waals surface area contributed by atoms with Crippen molar-refractivity contribution in [2.45, 2.75) is 6.92 Å². The molecule has 0 unspecified atom stereocenters.